The summed E-state index contributed by atoms with van der Waals surface area (Å²) in [7, 11) is 0. The van der Waals surface area contributed by atoms with E-state index in [4.69, 9.17) is 11.6 Å². The molecule has 1 atom stereocenters. The predicted molar refractivity (Wildman–Crippen MR) is 75.3 cm³/mol. The molecule has 0 aromatic heterocycles. The molecule has 1 unspecified atom stereocenters. The summed E-state index contributed by atoms with van der Waals surface area (Å²) in [6.07, 6.45) is 1.60. The molecule has 4 heteroatoms. The number of hydrogen-bond acceptors (Lipinski definition) is 2. The summed E-state index contributed by atoms with van der Waals surface area (Å²) in [6.45, 7) is 8.11. The first kappa shape index (κ1) is 15.0. The van der Waals surface area contributed by atoms with E-state index in [2.05, 4.69) is 20.8 Å². The Bertz CT molecular complexity index is 438. The zero-order chi connectivity index (χ0) is 13.9. The Balaban J connectivity index is 2.81. The minimum absolute atomic E-state index is 0.0518. The first-order chi connectivity index (χ1) is 8.23. The molecule has 1 aromatic carbocycles. The van der Waals surface area contributed by atoms with Crippen molar-refractivity contribution >= 4 is 17.3 Å². The first-order valence-electron chi connectivity index (χ1n) is 6.10. The third-order valence-electron chi connectivity index (χ3n) is 3.22. The van der Waals surface area contributed by atoms with Gasteiger partial charge in [0.25, 0.3) is 5.69 Å². The quantitative estimate of drug-likeness (QED) is 0.459. The zero-order valence-corrected chi connectivity index (χ0v) is 12.1. The van der Waals surface area contributed by atoms with Crippen molar-refractivity contribution in [2.24, 2.45) is 5.41 Å². The van der Waals surface area contributed by atoms with E-state index in [0.29, 0.717) is 0 Å². The Morgan fingerprint density at radius 1 is 1.39 bits per heavy atom. The van der Waals surface area contributed by atoms with Crippen LogP contribution in [-0.2, 0) is 6.42 Å². The standard InChI is InChI=1S/C14H20ClNO2/c1-10-11(6-5-7-12(10)16(17)18)8-9-13(15)14(2,3)4/h5-7,13H,8-9H2,1-4H3. The average molecular weight is 270 g/mol. The molecule has 1 aromatic rings. The van der Waals surface area contributed by atoms with Gasteiger partial charge < -0.3 is 0 Å². The summed E-state index contributed by atoms with van der Waals surface area (Å²) in [5.74, 6) is 0. The van der Waals surface area contributed by atoms with Gasteiger partial charge in [0.1, 0.15) is 0 Å². The maximum Gasteiger partial charge on any atom is 0.272 e. The third kappa shape index (κ3) is 3.70. The minimum atomic E-state index is -0.333. The molecule has 100 valence electrons. The van der Waals surface area contributed by atoms with Gasteiger partial charge in [-0.1, -0.05) is 32.9 Å². The van der Waals surface area contributed by atoms with Crippen molar-refractivity contribution in [3.05, 3.63) is 39.4 Å². The number of halogens is 1. The predicted octanol–water partition coefficient (Wildman–Crippen LogP) is 4.49. The van der Waals surface area contributed by atoms with Crippen LogP contribution < -0.4 is 0 Å². The SMILES string of the molecule is Cc1c(CCC(Cl)C(C)(C)C)cccc1[N+](=O)[O-]. The van der Waals surface area contributed by atoms with E-state index in [1.807, 2.05) is 6.07 Å². The number of nitro groups is 1. The van der Waals surface area contributed by atoms with Gasteiger partial charge in [-0.3, -0.25) is 10.1 Å². The molecule has 0 fully saturated rings. The molecule has 0 amide bonds. The lowest BCUT2D eigenvalue weighted by atomic mass is 9.87. The second-order valence-corrected chi connectivity index (χ2v) is 6.22. The van der Waals surface area contributed by atoms with Crippen molar-refractivity contribution in [2.75, 3.05) is 0 Å². The van der Waals surface area contributed by atoms with Crippen LogP contribution in [0.3, 0.4) is 0 Å². The Hall–Kier alpha value is -1.09. The van der Waals surface area contributed by atoms with Crippen molar-refractivity contribution in [1.29, 1.82) is 0 Å². The van der Waals surface area contributed by atoms with E-state index < -0.39 is 0 Å². The molecule has 0 aliphatic carbocycles. The van der Waals surface area contributed by atoms with Gasteiger partial charge in [0, 0.05) is 17.0 Å². The number of nitro benzene ring substituents is 1. The molecule has 0 bridgehead atoms. The van der Waals surface area contributed by atoms with Crippen molar-refractivity contribution in [2.45, 2.75) is 45.9 Å². The normalized spacial score (nSPS) is 13.4. The maximum absolute atomic E-state index is 10.9. The molecular formula is C14H20ClNO2. The zero-order valence-electron chi connectivity index (χ0n) is 11.4. The topological polar surface area (TPSA) is 43.1 Å². The largest absolute Gasteiger partial charge is 0.272 e. The minimum Gasteiger partial charge on any atom is -0.258 e. The highest BCUT2D eigenvalue weighted by Crippen LogP contribution is 2.29. The van der Waals surface area contributed by atoms with Gasteiger partial charge in [-0.25, -0.2) is 0 Å². The Labute approximate surface area is 113 Å². The van der Waals surface area contributed by atoms with Crippen LogP contribution in [0.2, 0.25) is 0 Å². The number of benzene rings is 1. The Morgan fingerprint density at radius 3 is 2.50 bits per heavy atom. The van der Waals surface area contributed by atoms with E-state index in [1.165, 1.54) is 0 Å². The van der Waals surface area contributed by atoms with Crippen molar-refractivity contribution < 1.29 is 4.92 Å². The number of hydrogen-bond donors (Lipinski definition) is 0. The van der Waals surface area contributed by atoms with Crippen molar-refractivity contribution in [3.8, 4) is 0 Å². The molecule has 0 aliphatic heterocycles. The molecule has 0 aliphatic rings. The molecule has 0 saturated heterocycles. The van der Waals surface area contributed by atoms with Crippen molar-refractivity contribution in [1.82, 2.24) is 0 Å². The Morgan fingerprint density at radius 2 is 2.00 bits per heavy atom. The number of alkyl halides is 1. The van der Waals surface area contributed by atoms with Crippen LogP contribution in [0.1, 0.15) is 38.3 Å². The summed E-state index contributed by atoms with van der Waals surface area (Å²) in [6, 6.07) is 5.22. The summed E-state index contributed by atoms with van der Waals surface area (Å²) >= 11 is 6.33. The van der Waals surface area contributed by atoms with Gasteiger partial charge >= 0.3 is 0 Å². The number of aryl methyl sites for hydroxylation is 1. The molecule has 0 saturated carbocycles. The van der Waals surface area contributed by atoms with E-state index in [9.17, 15) is 10.1 Å². The summed E-state index contributed by atoms with van der Waals surface area (Å²) < 4.78 is 0. The molecule has 0 heterocycles. The highest BCUT2D eigenvalue weighted by Gasteiger charge is 2.22. The summed E-state index contributed by atoms with van der Waals surface area (Å²) in [4.78, 5) is 10.5. The van der Waals surface area contributed by atoms with E-state index in [1.54, 1.807) is 19.1 Å². The summed E-state index contributed by atoms with van der Waals surface area (Å²) in [5, 5.41) is 10.9. The average Bonchev–Trinajstić information content (AvgIpc) is 2.25. The third-order valence-corrected chi connectivity index (χ3v) is 4.09. The molecule has 0 N–H and O–H groups in total. The maximum atomic E-state index is 10.9. The first-order valence-corrected chi connectivity index (χ1v) is 6.54. The second-order valence-electron chi connectivity index (χ2n) is 5.69. The Kier molecular flexibility index (Phi) is 4.74. The number of rotatable bonds is 4. The lowest BCUT2D eigenvalue weighted by Gasteiger charge is -2.25. The van der Waals surface area contributed by atoms with Crippen LogP contribution in [0.15, 0.2) is 18.2 Å². The highest BCUT2D eigenvalue weighted by atomic mass is 35.5. The fourth-order valence-corrected chi connectivity index (χ4v) is 1.96. The van der Waals surface area contributed by atoms with Crippen LogP contribution in [-0.4, -0.2) is 10.3 Å². The van der Waals surface area contributed by atoms with Gasteiger partial charge in [-0.05, 0) is 30.7 Å². The molecule has 1 rings (SSSR count). The number of nitrogens with zero attached hydrogens (tertiary/aromatic N) is 1. The molecular weight excluding hydrogens is 250 g/mol. The van der Waals surface area contributed by atoms with Gasteiger partial charge in [0.2, 0.25) is 0 Å². The molecule has 18 heavy (non-hydrogen) atoms. The van der Waals surface area contributed by atoms with E-state index in [-0.39, 0.29) is 21.4 Å². The van der Waals surface area contributed by atoms with E-state index in [0.717, 1.165) is 24.0 Å². The fourth-order valence-electron chi connectivity index (χ4n) is 1.85. The van der Waals surface area contributed by atoms with Gasteiger partial charge in [-0.15, -0.1) is 11.6 Å². The monoisotopic (exact) mass is 269 g/mol. The molecule has 3 nitrogen and oxygen atoms in total. The van der Waals surface area contributed by atoms with Gasteiger partial charge in [-0.2, -0.15) is 0 Å². The van der Waals surface area contributed by atoms with Crippen LogP contribution in [0, 0.1) is 22.5 Å². The van der Waals surface area contributed by atoms with Gasteiger partial charge in [0.05, 0.1) is 4.92 Å². The fraction of sp³-hybridized carbons (Fsp3) is 0.571. The molecule has 0 radical (unpaired) electrons. The lowest BCUT2D eigenvalue weighted by Crippen LogP contribution is -2.21. The smallest absolute Gasteiger partial charge is 0.258 e. The molecule has 0 spiro atoms. The highest BCUT2D eigenvalue weighted by molar-refractivity contribution is 6.21. The van der Waals surface area contributed by atoms with Crippen LogP contribution >= 0.6 is 11.6 Å². The van der Waals surface area contributed by atoms with Crippen LogP contribution in [0.25, 0.3) is 0 Å². The van der Waals surface area contributed by atoms with Crippen molar-refractivity contribution in [3.63, 3.8) is 0 Å². The van der Waals surface area contributed by atoms with Crippen LogP contribution in [0.4, 0.5) is 5.69 Å². The lowest BCUT2D eigenvalue weighted by molar-refractivity contribution is -0.385. The second kappa shape index (κ2) is 5.70. The van der Waals surface area contributed by atoms with Crippen LogP contribution in [0.5, 0.6) is 0 Å². The van der Waals surface area contributed by atoms with E-state index >= 15 is 0 Å². The summed E-state index contributed by atoms with van der Waals surface area (Å²) in [5.41, 5.74) is 2.00. The van der Waals surface area contributed by atoms with Gasteiger partial charge in [0.15, 0.2) is 0 Å².